The van der Waals surface area contributed by atoms with Gasteiger partial charge < -0.3 is 14.4 Å². The first-order valence-corrected chi connectivity index (χ1v) is 6.59. The van der Waals surface area contributed by atoms with Gasteiger partial charge in [-0.1, -0.05) is 24.3 Å². The predicted octanol–water partition coefficient (Wildman–Crippen LogP) is 1.54. The van der Waals surface area contributed by atoms with Crippen LogP contribution in [-0.2, 0) is 24.5 Å². The first-order valence-electron chi connectivity index (χ1n) is 6.59. The number of hydrogen-bond donors (Lipinski definition) is 0. The van der Waals surface area contributed by atoms with Gasteiger partial charge in [-0.15, -0.1) is 6.58 Å². The van der Waals surface area contributed by atoms with E-state index < -0.39 is 11.4 Å². The molecule has 1 saturated heterocycles. The maximum Gasteiger partial charge on any atom is 0.338 e. The Morgan fingerprint density at radius 2 is 2.19 bits per heavy atom. The minimum Gasteiger partial charge on any atom is -0.504 e. The molecule has 0 aromatic heterocycles. The van der Waals surface area contributed by atoms with Crippen LogP contribution in [0.1, 0.15) is 5.56 Å². The molecule has 108 valence electrons. The molecule has 2 heterocycles. The van der Waals surface area contributed by atoms with Gasteiger partial charge in [0.25, 0.3) is 0 Å². The molecule has 5 heteroatoms. The molecular formula is C16H15NO4. The third kappa shape index (κ3) is 1.63. The Balaban J connectivity index is 2.24. The Hall–Kier alpha value is -2.56. The van der Waals surface area contributed by atoms with Gasteiger partial charge >= 0.3 is 5.97 Å². The average Bonchev–Trinajstić information content (AvgIpc) is 2.94. The molecular weight excluding hydrogens is 270 g/mol. The van der Waals surface area contributed by atoms with Crippen molar-refractivity contribution < 1.29 is 19.1 Å². The lowest BCUT2D eigenvalue weighted by Crippen LogP contribution is -2.42. The molecule has 0 aliphatic carbocycles. The minimum atomic E-state index is -1.10. The number of anilines is 1. The summed E-state index contributed by atoms with van der Waals surface area (Å²) in [5.41, 5.74) is 0.690. The van der Waals surface area contributed by atoms with Gasteiger partial charge in [0.05, 0.1) is 18.9 Å². The Kier molecular flexibility index (Phi) is 3.05. The minimum absolute atomic E-state index is 0.00448. The highest BCUT2D eigenvalue weighted by Gasteiger charge is 2.60. The van der Waals surface area contributed by atoms with Crippen LogP contribution >= 0.6 is 0 Å². The maximum atomic E-state index is 13.0. The second-order valence-corrected chi connectivity index (χ2v) is 4.97. The summed E-state index contributed by atoms with van der Waals surface area (Å²) in [6.07, 6.45) is 2.96. The van der Waals surface area contributed by atoms with Crippen molar-refractivity contribution >= 4 is 17.6 Å². The van der Waals surface area contributed by atoms with Crippen LogP contribution in [0, 0.1) is 0 Å². The molecule has 0 saturated carbocycles. The Bertz CT molecular complexity index is 664. The highest BCUT2D eigenvalue weighted by Crippen LogP contribution is 2.49. The smallest absolute Gasteiger partial charge is 0.338 e. The number of rotatable bonds is 3. The van der Waals surface area contributed by atoms with Gasteiger partial charge in [0, 0.05) is 12.2 Å². The van der Waals surface area contributed by atoms with Crippen molar-refractivity contribution in [1.82, 2.24) is 0 Å². The van der Waals surface area contributed by atoms with Crippen molar-refractivity contribution in [3.05, 3.63) is 54.3 Å². The van der Waals surface area contributed by atoms with E-state index in [0.717, 1.165) is 11.3 Å². The zero-order chi connectivity index (χ0) is 15.0. The standard InChI is InChI=1S/C16H15NO4/c1-3-8-17-13-7-5-4-6-11(13)16(15(17)19)10-21-14(18)12(16)9-20-2/h3-7,9H,1,8,10H2,2H3/b12-9+. The summed E-state index contributed by atoms with van der Waals surface area (Å²) in [6, 6.07) is 7.41. The number of benzene rings is 1. The monoisotopic (exact) mass is 285 g/mol. The molecule has 1 spiro atoms. The Morgan fingerprint density at radius 1 is 1.43 bits per heavy atom. The van der Waals surface area contributed by atoms with Gasteiger partial charge in [-0.25, -0.2) is 4.79 Å². The number of carbonyl (C=O) groups is 2. The summed E-state index contributed by atoms with van der Waals surface area (Å²) in [5.74, 6) is -0.696. The van der Waals surface area contributed by atoms with Gasteiger partial charge in [0.15, 0.2) is 0 Å². The summed E-state index contributed by atoms with van der Waals surface area (Å²) in [7, 11) is 1.44. The van der Waals surface area contributed by atoms with E-state index in [0.29, 0.717) is 6.54 Å². The quantitative estimate of drug-likeness (QED) is 0.366. The Morgan fingerprint density at radius 3 is 2.90 bits per heavy atom. The van der Waals surface area contributed by atoms with E-state index in [9.17, 15) is 9.59 Å². The molecule has 21 heavy (non-hydrogen) atoms. The molecule has 2 aliphatic heterocycles. The van der Waals surface area contributed by atoms with E-state index >= 15 is 0 Å². The number of esters is 1. The topological polar surface area (TPSA) is 55.8 Å². The van der Waals surface area contributed by atoms with E-state index in [4.69, 9.17) is 9.47 Å². The molecule has 0 N–H and O–H groups in total. The third-order valence-electron chi connectivity index (χ3n) is 3.91. The first kappa shape index (κ1) is 13.4. The van der Waals surface area contributed by atoms with Gasteiger partial charge in [-0.2, -0.15) is 0 Å². The van der Waals surface area contributed by atoms with E-state index in [1.807, 2.05) is 24.3 Å². The van der Waals surface area contributed by atoms with E-state index in [-0.39, 0.29) is 18.1 Å². The van der Waals surface area contributed by atoms with Crippen LogP contribution in [0.4, 0.5) is 5.69 Å². The van der Waals surface area contributed by atoms with Crippen molar-refractivity contribution in [3.8, 4) is 0 Å². The summed E-state index contributed by atoms with van der Waals surface area (Å²) in [5, 5.41) is 0. The number of amides is 1. The normalized spacial score (nSPS) is 25.4. The number of ether oxygens (including phenoxy) is 2. The van der Waals surface area contributed by atoms with Crippen LogP contribution in [-0.4, -0.2) is 32.1 Å². The number of hydrogen-bond acceptors (Lipinski definition) is 4. The highest BCUT2D eigenvalue weighted by molar-refractivity contribution is 6.17. The summed E-state index contributed by atoms with van der Waals surface area (Å²) in [6.45, 7) is 4.07. The second kappa shape index (κ2) is 4.77. The van der Waals surface area contributed by atoms with Crippen molar-refractivity contribution in [3.63, 3.8) is 0 Å². The molecule has 1 amide bonds. The van der Waals surface area contributed by atoms with E-state index in [2.05, 4.69) is 6.58 Å². The van der Waals surface area contributed by atoms with Crippen LogP contribution in [0.2, 0.25) is 0 Å². The van der Waals surface area contributed by atoms with Gasteiger partial charge in [0.2, 0.25) is 5.91 Å². The third-order valence-corrected chi connectivity index (χ3v) is 3.91. The molecule has 1 atom stereocenters. The lowest BCUT2D eigenvalue weighted by atomic mass is 9.77. The fraction of sp³-hybridized carbons (Fsp3) is 0.250. The van der Waals surface area contributed by atoms with Crippen LogP contribution in [0.25, 0.3) is 0 Å². The summed E-state index contributed by atoms with van der Waals surface area (Å²) < 4.78 is 10.1. The van der Waals surface area contributed by atoms with E-state index in [1.165, 1.54) is 13.4 Å². The summed E-state index contributed by atoms with van der Waals surface area (Å²) in [4.78, 5) is 26.6. The highest BCUT2D eigenvalue weighted by atomic mass is 16.5. The SMILES string of the molecule is C=CCN1C(=O)C2(COC(=O)/C2=C\OC)c2ccccc21. The fourth-order valence-corrected chi connectivity index (χ4v) is 3.01. The molecule has 1 fully saturated rings. The largest absolute Gasteiger partial charge is 0.504 e. The van der Waals surface area contributed by atoms with Gasteiger partial charge in [-0.3, -0.25) is 4.79 Å². The Labute approximate surface area is 122 Å². The molecule has 1 aromatic carbocycles. The number of carbonyl (C=O) groups excluding carboxylic acids is 2. The molecule has 0 bridgehead atoms. The lowest BCUT2D eigenvalue weighted by Gasteiger charge is -2.21. The molecule has 1 unspecified atom stereocenters. The molecule has 1 aromatic rings. The van der Waals surface area contributed by atoms with Crippen LogP contribution in [0.15, 0.2) is 48.8 Å². The van der Waals surface area contributed by atoms with Crippen LogP contribution in [0.3, 0.4) is 0 Å². The maximum absolute atomic E-state index is 13.0. The van der Waals surface area contributed by atoms with Crippen LogP contribution in [0.5, 0.6) is 0 Å². The predicted molar refractivity (Wildman–Crippen MR) is 76.7 cm³/mol. The number of fused-ring (bicyclic) bond motifs is 2. The molecule has 5 nitrogen and oxygen atoms in total. The van der Waals surface area contributed by atoms with E-state index in [1.54, 1.807) is 11.0 Å². The number of methoxy groups -OCH3 is 1. The number of para-hydroxylation sites is 1. The van der Waals surface area contributed by atoms with Crippen molar-refractivity contribution in [1.29, 1.82) is 0 Å². The fourth-order valence-electron chi connectivity index (χ4n) is 3.01. The molecule has 0 radical (unpaired) electrons. The zero-order valence-electron chi connectivity index (χ0n) is 11.7. The van der Waals surface area contributed by atoms with Crippen LogP contribution < -0.4 is 4.90 Å². The first-order chi connectivity index (χ1) is 10.2. The lowest BCUT2D eigenvalue weighted by molar-refractivity contribution is -0.135. The number of nitrogens with zero attached hydrogens (tertiary/aromatic N) is 1. The second-order valence-electron chi connectivity index (χ2n) is 4.97. The van der Waals surface area contributed by atoms with Crippen molar-refractivity contribution in [2.45, 2.75) is 5.41 Å². The van der Waals surface area contributed by atoms with Gasteiger partial charge in [0.1, 0.15) is 12.0 Å². The zero-order valence-corrected chi connectivity index (χ0v) is 11.7. The molecule has 2 aliphatic rings. The van der Waals surface area contributed by atoms with Crippen molar-refractivity contribution in [2.75, 3.05) is 25.2 Å². The van der Waals surface area contributed by atoms with Crippen molar-refractivity contribution in [2.24, 2.45) is 0 Å². The number of cyclic esters (lactones) is 1. The summed E-state index contributed by atoms with van der Waals surface area (Å²) >= 11 is 0. The average molecular weight is 285 g/mol. The van der Waals surface area contributed by atoms with Gasteiger partial charge in [-0.05, 0) is 11.6 Å². The molecule has 3 rings (SSSR count).